The minimum atomic E-state index is -0.0217. The van der Waals surface area contributed by atoms with Crippen LogP contribution in [0.25, 0.3) is 0 Å². The summed E-state index contributed by atoms with van der Waals surface area (Å²) in [4.78, 5) is 12.3. The normalized spacial score (nSPS) is 17.5. The Kier molecular flexibility index (Phi) is 5.53. The first-order valence-electron chi connectivity index (χ1n) is 9.15. The highest BCUT2D eigenvalue weighted by Crippen LogP contribution is 2.23. The van der Waals surface area contributed by atoms with E-state index >= 15 is 0 Å². The van der Waals surface area contributed by atoms with Gasteiger partial charge in [-0.1, -0.05) is 12.1 Å². The number of carbonyl (C=O) groups is 1. The number of carbonyl (C=O) groups excluding carboxylic acids is 1. The average molecular weight is 340 g/mol. The van der Waals surface area contributed by atoms with Crippen LogP contribution in [-0.2, 0) is 6.54 Å². The first-order chi connectivity index (χ1) is 12.1. The molecule has 2 heterocycles. The van der Waals surface area contributed by atoms with Gasteiger partial charge >= 0.3 is 0 Å². The van der Waals surface area contributed by atoms with Gasteiger partial charge in [0.05, 0.1) is 12.2 Å². The molecule has 1 amide bonds. The van der Waals surface area contributed by atoms with Gasteiger partial charge in [-0.2, -0.15) is 5.10 Å². The second-order valence-corrected chi connectivity index (χ2v) is 6.94. The maximum absolute atomic E-state index is 12.3. The van der Waals surface area contributed by atoms with Gasteiger partial charge in [-0.3, -0.25) is 9.48 Å². The van der Waals surface area contributed by atoms with Crippen LogP contribution in [0.5, 0.6) is 0 Å². The molecule has 1 aliphatic rings. The van der Waals surface area contributed by atoms with Gasteiger partial charge in [0.25, 0.3) is 5.91 Å². The number of aromatic nitrogens is 2. The van der Waals surface area contributed by atoms with E-state index in [1.54, 1.807) is 0 Å². The van der Waals surface area contributed by atoms with Crippen molar-refractivity contribution in [2.45, 2.75) is 46.1 Å². The molecule has 2 N–H and O–H groups in total. The smallest absolute Gasteiger partial charge is 0.251 e. The van der Waals surface area contributed by atoms with E-state index in [1.165, 1.54) is 24.0 Å². The molecule has 0 radical (unpaired) electrons. The number of piperidine rings is 1. The van der Waals surface area contributed by atoms with Crippen LogP contribution < -0.4 is 10.6 Å². The molecule has 2 aromatic rings. The van der Waals surface area contributed by atoms with Gasteiger partial charge in [0.15, 0.2) is 0 Å². The number of hydrogen-bond donors (Lipinski definition) is 2. The molecule has 1 fully saturated rings. The number of aryl methyl sites for hydroxylation is 1. The van der Waals surface area contributed by atoms with Crippen molar-refractivity contribution in [2.24, 2.45) is 0 Å². The minimum Gasteiger partial charge on any atom is -0.350 e. The fraction of sp³-hybridized carbons (Fsp3) is 0.500. The van der Waals surface area contributed by atoms with E-state index in [9.17, 15) is 4.79 Å². The predicted octanol–water partition coefficient (Wildman–Crippen LogP) is 2.71. The lowest BCUT2D eigenvalue weighted by Crippen LogP contribution is -2.29. The van der Waals surface area contributed by atoms with Gasteiger partial charge in [-0.15, -0.1) is 0 Å². The Morgan fingerprint density at radius 2 is 2.04 bits per heavy atom. The highest BCUT2D eigenvalue weighted by atomic mass is 16.1. The lowest BCUT2D eigenvalue weighted by molar-refractivity contribution is 0.0952. The lowest BCUT2D eigenvalue weighted by atomic mass is 9.91. The number of amides is 1. The van der Waals surface area contributed by atoms with Crippen LogP contribution in [0.3, 0.4) is 0 Å². The third kappa shape index (κ3) is 4.10. The molecule has 3 rings (SSSR count). The summed E-state index contributed by atoms with van der Waals surface area (Å²) in [5, 5.41) is 10.9. The summed E-state index contributed by atoms with van der Waals surface area (Å²) in [5.74, 6) is 0.548. The lowest BCUT2D eigenvalue weighted by Gasteiger charge is -2.23. The molecule has 5 heteroatoms. The van der Waals surface area contributed by atoms with E-state index in [-0.39, 0.29) is 5.91 Å². The second-order valence-electron chi connectivity index (χ2n) is 6.94. The van der Waals surface area contributed by atoms with Crippen LogP contribution in [-0.4, -0.2) is 35.3 Å². The first kappa shape index (κ1) is 17.7. The summed E-state index contributed by atoms with van der Waals surface area (Å²) in [7, 11) is 0. The van der Waals surface area contributed by atoms with Crippen molar-refractivity contribution in [3.63, 3.8) is 0 Å². The molecule has 0 spiro atoms. The summed E-state index contributed by atoms with van der Waals surface area (Å²) in [5.41, 5.74) is 5.48. The number of rotatable bonds is 5. The monoisotopic (exact) mass is 340 g/mol. The van der Waals surface area contributed by atoms with Gasteiger partial charge in [-0.25, -0.2) is 0 Å². The Morgan fingerprint density at radius 1 is 1.28 bits per heavy atom. The molecule has 1 aromatic carbocycles. The maximum atomic E-state index is 12.3. The predicted molar refractivity (Wildman–Crippen MR) is 100 cm³/mol. The standard InChI is InChI=1S/C20H28N4O/c1-14-15(2)23-24(16(14)3)12-11-22-20(25)18-8-6-17(7-9-18)19-5-4-10-21-13-19/h6-9,19,21H,4-5,10-13H2,1-3H3,(H,22,25). The third-order valence-electron chi connectivity index (χ3n) is 5.29. The van der Waals surface area contributed by atoms with Crippen molar-refractivity contribution in [1.82, 2.24) is 20.4 Å². The molecular weight excluding hydrogens is 312 g/mol. The molecule has 25 heavy (non-hydrogen) atoms. The van der Waals surface area contributed by atoms with Gasteiger partial charge in [0, 0.05) is 24.3 Å². The fourth-order valence-electron chi connectivity index (χ4n) is 3.42. The van der Waals surface area contributed by atoms with Crippen LogP contribution >= 0.6 is 0 Å². The molecule has 0 saturated carbocycles. The molecule has 1 atom stereocenters. The van der Waals surface area contributed by atoms with E-state index in [4.69, 9.17) is 0 Å². The molecule has 1 saturated heterocycles. The topological polar surface area (TPSA) is 59.0 Å². The maximum Gasteiger partial charge on any atom is 0.251 e. The number of nitrogens with zero attached hydrogens (tertiary/aromatic N) is 2. The molecule has 0 aliphatic carbocycles. The molecule has 1 aromatic heterocycles. The zero-order valence-electron chi connectivity index (χ0n) is 15.4. The van der Waals surface area contributed by atoms with Crippen LogP contribution in [0, 0.1) is 20.8 Å². The highest BCUT2D eigenvalue weighted by molar-refractivity contribution is 5.94. The van der Waals surface area contributed by atoms with E-state index in [1.807, 2.05) is 23.7 Å². The van der Waals surface area contributed by atoms with Crippen LogP contribution in [0.2, 0.25) is 0 Å². The minimum absolute atomic E-state index is 0.0217. The average Bonchev–Trinajstić information content (AvgIpc) is 2.89. The first-order valence-corrected chi connectivity index (χ1v) is 9.15. The zero-order chi connectivity index (χ0) is 17.8. The third-order valence-corrected chi connectivity index (χ3v) is 5.29. The van der Waals surface area contributed by atoms with Crippen molar-refractivity contribution >= 4 is 5.91 Å². The zero-order valence-corrected chi connectivity index (χ0v) is 15.4. The summed E-state index contributed by atoms with van der Waals surface area (Å²) in [6, 6.07) is 8.06. The van der Waals surface area contributed by atoms with E-state index in [0.29, 0.717) is 19.0 Å². The molecule has 0 bridgehead atoms. The van der Waals surface area contributed by atoms with Crippen molar-refractivity contribution in [3.05, 3.63) is 52.3 Å². The van der Waals surface area contributed by atoms with Crippen molar-refractivity contribution in [1.29, 1.82) is 0 Å². The van der Waals surface area contributed by atoms with E-state index < -0.39 is 0 Å². The van der Waals surface area contributed by atoms with Gasteiger partial charge in [-0.05, 0) is 69.3 Å². The molecule has 134 valence electrons. The summed E-state index contributed by atoms with van der Waals surface area (Å²) < 4.78 is 1.96. The summed E-state index contributed by atoms with van der Waals surface area (Å²) in [6.07, 6.45) is 2.44. The Morgan fingerprint density at radius 3 is 2.64 bits per heavy atom. The summed E-state index contributed by atoms with van der Waals surface area (Å²) in [6.45, 7) is 9.58. The van der Waals surface area contributed by atoms with Crippen LogP contribution in [0.1, 0.15) is 51.6 Å². The van der Waals surface area contributed by atoms with Gasteiger partial charge < -0.3 is 10.6 Å². The van der Waals surface area contributed by atoms with Gasteiger partial charge in [0.2, 0.25) is 0 Å². The number of nitrogens with one attached hydrogen (secondary N) is 2. The SMILES string of the molecule is Cc1nn(CCNC(=O)c2ccc(C3CCCNC3)cc2)c(C)c1C. The van der Waals surface area contributed by atoms with Crippen molar-refractivity contribution in [2.75, 3.05) is 19.6 Å². The number of hydrogen-bond acceptors (Lipinski definition) is 3. The Bertz CT molecular complexity index is 727. The molecule has 1 aliphatic heterocycles. The van der Waals surface area contributed by atoms with Crippen LogP contribution in [0.15, 0.2) is 24.3 Å². The number of benzene rings is 1. The van der Waals surface area contributed by atoms with Crippen molar-refractivity contribution in [3.8, 4) is 0 Å². The van der Waals surface area contributed by atoms with Crippen molar-refractivity contribution < 1.29 is 4.79 Å². The van der Waals surface area contributed by atoms with Gasteiger partial charge in [0.1, 0.15) is 0 Å². The Balaban J connectivity index is 1.53. The van der Waals surface area contributed by atoms with Crippen LogP contribution in [0.4, 0.5) is 0 Å². The summed E-state index contributed by atoms with van der Waals surface area (Å²) >= 11 is 0. The Labute approximate surface area is 149 Å². The Hall–Kier alpha value is -2.14. The quantitative estimate of drug-likeness (QED) is 0.880. The molecule has 1 unspecified atom stereocenters. The molecule has 5 nitrogen and oxygen atoms in total. The highest BCUT2D eigenvalue weighted by Gasteiger charge is 2.15. The largest absolute Gasteiger partial charge is 0.350 e. The second kappa shape index (κ2) is 7.83. The van der Waals surface area contributed by atoms with E-state index in [2.05, 4.69) is 41.7 Å². The molecular formula is C20H28N4O. The van der Waals surface area contributed by atoms with E-state index in [0.717, 1.165) is 30.0 Å². The fourth-order valence-corrected chi connectivity index (χ4v) is 3.42.